The molecule has 0 unspecified atom stereocenters. The van der Waals surface area contributed by atoms with Gasteiger partial charge in [0.15, 0.2) is 0 Å². The van der Waals surface area contributed by atoms with E-state index in [0.717, 1.165) is 38.2 Å². The van der Waals surface area contributed by atoms with Gasteiger partial charge in [-0.15, -0.1) is 0 Å². The molecule has 1 amide bonds. The second kappa shape index (κ2) is 6.97. The van der Waals surface area contributed by atoms with E-state index in [9.17, 15) is 4.79 Å². The van der Waals surface area contributed by atoms with E-state index in [4.69, 9.17) is 0 Å². The van der Waals surface area contributed by atoms with Crippen LogP contribution in [-0.4, -0.2) is 23.9 Å². The quantitative estimate of drug-likeness (QED) is 0.937. The largest absolute Gasteiger partial charge is 0.326 e. The maximum atomic E-state index is 11.2. The zero-order chi connectivity index (χ0) is 16.2. The standard InChI is InChI=1S/C20H24N2O/c1-15-3-5-17(6-4-15)9-11-22-12-10-18-13-20(21-16(2)23)8-7-19(18)14-22/h3-8,13H,9-12,14H2,1-2H3,(H,21,23). The molecule has 3 heteroatoms. The van der Waals surface area contributed by atoms with Crippen LogP contribution in [0, 0.1) is 6.92 Å². The molecule has 1 N–H and O–H groups in total. The number of nitrogens with one attached hydrogen (secondary N) is 1. The summed E-state index contributed by atoms with van der Waals surface area (Å²) < 4.78 is 0. The van der Waals surface area contributed by atoms with E-state index < -0.39 is 0 Å². The molecule has 0 spiro atoms. The first-order chi connectivity index (χ1) is 11.1. The highest BCUT2D eigenvalue weighted by molar-refractivity contribution is 5.88. The van der Waals surface area contributed by atoms with Gasteiger partial charge in [-0.1, -0.05) is 35.9 Å². The van der Waals surface area contributed by atoms with Crippen LogP contribution in [0.2, 0.25) is 0 Å². The van der Waals surface area contributed by atoms with Crippen molar-refractivity contribution in [3.63, 3.8) is 0 Å². The third-order valence-corrected chi connectivity index (χ3v) is 4.46. The molecule has 0 fully saturated rings. The summed E-state index contributed by atoms with van der Waals surface area (Å²) in [6, 6.07) is 15.1. The van der Waals surface area contributed by atoms with E-state index in [1.807, 2.05) is 6.07 Å². The number of rotatable bonds is 4. The SMILES string of the molecule is CC(=O)Nc1ccc2c(c1)CCN(CCc1ccc(C)cc1)C2. The van der Waals surface area contributed by atoms with Gasteiger partial charge in [0.05, 0.1) is 0 Å². The Morgan fingerprint density at radius 3 is 2.65 bits per heavy atom. The Bertz CT molecular complexity index is 691. The van der Waals surface area contributed by atoms with Crippen molar-refractivity contribution >= 4 is 11.6 Å². The van der Waals surface area contributed by atoms with Gasteiger partial charge in [0.1, 0.15) is 0 Å². The summed E-state index contributed by atoms with van der Waals surface area (Å²) in [4.78, 5) is 13.7. The second-order valence-electron chi connectivity index (χ2n) is 6.43. The summed E-state index contributed by atoms with van der Waals surface area (Å²) in [5, 5.41) is 2.86. The average Bonchev–Trinajstić information content (AvgIpc) is 2.54. The highest BCUT2D eigenvalue weighted by atomic mass is 16.1. The molecule has 1 heterocycles. The minimum absolute atomic E-state index is 0.0134. The number of aryl methyl sites for hydroxylation is 1. The fraction of sp³-hybridized carbons (Fsp3) is 0.350. The van der Waals surface area contributed by atoms with Crippen LogP contribution in [0.3, 0.4) is 0 Å². The molecule has 1 aliphatic rings. The van der Waals surface area contributed by atoms with E-state index in [-0.39, 0.29) is 5.91 Å². The van der Waals surface area contributed by atoms with Gasteiger partial charge in [-0.3, -0.25) is 9.69 Å². The molecule has 0 aliphatic carbocycles. The number of fused-ring (bicyclic) bond motifs is 1. The van der Waals surface area contributed by atoms with Crippen LogP contribution in [0.4, 0.5) is 5.69 Å². The number of hydrogen-bond acceptors (Lipinski definition) is 2. The topological polar surface area (TPSA) is 32.3 Å². The van der Waals surface area contributed by atoms with Crippen molar-refractivity contribution in [2.24, 2.45) is 0 Å². The molecular formula is C20H24N2O. The molecule has 120 valence electrons. The number of hydrogen-bond donors (Lipinski definition) is 1. The van der Waals surface area contributed by atoms with E-state index in [2.05, 4.69) is 53.5 Å². The van der Waals surface area contributed by atoms with Crippen molar-refractivity contribution < 1.29 is 4.79 Å². The van der Waals surface area contributed by atoms with Crippen LogP contribution < -0.4 is 5.32 Å². The Balaban J connectivity index is 1.59. The molecule has 23 heavy (non-hydrogen) atoms. The van der Waals surface area contributed by atoms with E-state index in [1.54, 1.807) is 6.92 Å². The lowest BCUT2D eigenvalue weighted by molar-refractivity contribution is -0.114. The number of nitrogens with zero attached hydrogens (tertiary/aromatic N) is 1. The predicted octanol–water partition coefficient (Wildman–Crippen LogP) is 3.55. The third kappa shape index (κ3) is 4.20. The number of carbonyl (C=O) groups is 1. The van der Waals surface area contributed by atoms with Gasteiger partial charge >= 0.3 is 0 Å². The van der Waals surface area contributed by atoms with Crippen molar-refractivity contribution in [2.75, 3.05) is 18.4 Å². The van der Waals surface area contributed by atoms with Gasteiger partial charge in [0.25, 0.3) is 0 Å². The molecule has 2 aromatic rings. The molecular weight excluding hydrogens is 284 g/mol. The summed E-state index contributed by atoms with van der Waals surface area (Å²) in [7, 11) is 0. The van der Waals surface area contributed by atoms with Crippen molar-refractivity contribution in [2.45, 2.75) is 33.2 Å². The van der Waals surface area contributed by atoms with Gasteiger partial charge in [-0.05, 0) is 48.6 Å². The highest BCUT2D eigenvalue weighted by Crippen LogP contribution is 2.23. The molecule has 0 bridgehead atoms. The van der Waals surface area contributed by atoms with E-state index in [0.29, 0.717) is 0 Å². The summed E-state index contributed by atoms with van der Waals surface area (Å²) in [6.07, 6.45) is 2.15. The van der Waals surface area contributed by atoms with E-state index in [1.165, 1.54) is 22.3 Å². The lowest BCUT2D eigenvalue weighted by Gasteiger charge is -2.29. The van der Waals surface area contributed by atoms with Gasteiger partial charge in [-0.2, -0.15) is 0 Å². The molecule has 0 saturated carbocycles. The molecule has 2 aromatic carbocycles. The lowest BCUT2D eigenvalue weighted by atomic mass is 9.98. The normalized spacial score (nSPS) is 14.3. The summed E-state index contributed by atoms with van der Waals surface area (Å²) in [5.74, 6) is -0.0134. The maximum absolute atomic E-state index is 11.2. The minimum atomic E-state index is -0.0134. The Morgan fingerprint density at radius 1 is 1.13 bits per heavy atom. The number of carbonyl (C=O) groups excluding carboxylic acids is 1. The third-order valence-electron chi connectivity index (χ3n) is 4.46. The van der Waals surface area contributed by atoms with Crippen LogP contribution in [0.25, 0.3) is 0 Å². The minimum Gasteiger partial charge on any atom is -0.326 e. The second-order valence-corrected chi connectivity index (χ2v) is 6.43. The molecule has 0 radical (unpaired) electrons. The maximum Gasteiger partial charge on any atom is 0.221 e. The molecule has 0 saturated heterocycles. The van der Waals surface area contributed by atoms with Crippen LogP contribution >= 0.6 is 0 Å². The van der Waals surface area contributed by atoms with Crippen molar-refractivity contribution in [3.05, 3.63) is 64.7 Å². The van der Waals surface area contributed by atoms with Crippen molar-refractivity contribution in [3.8, 4) is 0 Å². The number of amides is 1. The van der Waals surface area contributed by atoms with Crippen molar-refractivity contribution in [1.82, 2.24) is 4.90 Å². The lowest BCUT2D eigenvalue weighted by Crippen LogP contribution is -2.32. The molecule has 0 atom stereocenters. The fourth-order valence-electron chi connectivity index (χ4n) is 3.13. The molecule has 0 aromatic heterocycles. The Morgan fingerprint density at radius 2 is 1.91 bits per heavy atom. The Hall–Kier alpha value is -2.13. The van der Waals surface area contributed by atoms with Crippen LogP contribution in [0.15, 0.2) is 42.5 Å². The van der Waals surface area contributed by atoms with E-state index >= 15 is 0 Å². The first kappa shape index (κ1) is 15.8. The summed E-state index contributed by atoms with van der Waals surface area (Å²) >= 11 is 0. The zero-order valence-corrected chi connectivity index (χ0v) is 13.9. The smallest absolute Gasteiger partial charge is 0.221 e. The first-order valence-electron chi connectivity index (χ1n) is 8.27. The molecule has 3 nitrogen and oxygen atoms in total. The first-order valence-corrected chi connectivity index (χ1v) is 8.27. The van der Waals surface area contributed by atoms with Gasteiger partial charge < -0.3 is 5.32 Å². The van der Waals surface area contributed by atoms with Gasteiger partial charge in [-0.25, -0.2) is 0 Å². The van der Waals surface area contributed by atoms with Crippen LogP contribution in [0.1, 0.15) is 29.2 Å². The summed E-state index contributed by atoms with van der Waals surface area (Å²) in [6.45, 7) is 6.85. The monoisotopic (exact) mass is 308 g/mol. The molecule has 1 aliphatic heterocycles. The highest BCUT2D eigenvalue weighted by Gasteiger charge is 2.16. The fourth-order valence-corrected chi connectivity index (χ4v) is 3.13. The van der Waals surface area contributed by atoms with Gasteiger partial charge in [0.2, 0.25) is 5.91 Å². The van der Waals surface area contributed by atoms with Crippen LogP contribution in [0.5, 0.6) is 0 Å². The van der Waals surface area contributed by atoms with Gasteiger partial charge in [0, 0.05) is 32.2 Å². The number of benzene rings is 2. The van der Waals surface area contributed by atoms with Crippen LogP contribution in [-0.2, 0) is 24.2 Å². The average molecular weight is 308 g/mol. The zero-order valence-electron chi connectivity index (χ0n) is 13.9. The predicted molar refractivity (Wildman–Crippen MR) is 94.6 cm³/mol. The number of anilines is 1. The Kier molecular flexibility index (Phi) is 4.77. The van der Waals surface area contributed by atoms with Crippen molar-refractivity contribution in [1.29, 1.82) is 0 Å². The Labute approximate surface area is 138 Å². The summed E-state index contributed by atoms with van der Waals surface area (Å²) in [5.41, 5.74) is 6.37. The molecule has 3 rings (SSSR count).